The van der Waals surface area contributed by atoms with Crippen molar-refractivity contribution in [3.63, 3.8) is 0 Å². The standard InChI is InChI=1S/C27H37N3O5S/c1-19-13-14-25(20(2)15-19)30(36(5,33)34)18-26(31)29(17-22-9-8-12-24(16-22)35-4)21(3)27(32)28-23-10-6-7-11-23/h8-9,12-16,21,23H,6-7,10-11,17-18H2,1-5H3,(H,28,32)/t21-/m1/s1. The number of methoxy groups -OCH3 is 1. The minimum atomic E-state index is -3.76. The Balaban J connectivity index is 1.91. The highest BCUT2D eigenvalue weighted by Gasteiger charge is 2.31. The second-order valence-corrected chi connectivity index (χ2v) is 11.5. The molecule has 0 heterocycles. The van der Waals surface area contributed by atoms with Crippen LogP contribution in [0.15, 0.2) is 42.5 Å². The van der Waals surface area contributed by atoms with E-state index in [1.807, 2.05) is 38.1 Å². The molecule has 3 rings (SSSR count). The first-order valence-corrected chi connectivity index (χ1v) is 14.1. The molecule has 1 fully saturated rings. The Kier molecular flexibility index (Phi) is 9.00. The molecule has 0 radical (unpaired) electrons. The smallest absolute Gasteiger partial charge is 0.244 e. The molecule has 36 heavy (non-hydrogen) atoms. The van der Waals surface area contributed by atoms with E-state index in [-0.39, 0.29) is 18.5 Å². The zero-order valence-corrected chi connectivity index (χ0v) is 22.6. The summed E-state index contributed by atoms with van der Waals surface area (Å²) >= 11 is 0. The number of benzene rings is 2. The summed E-state index contributed by atoms with van der Waals surface area (Å²) in [5.41, 5.74) is 2.97. The number of carbonyl (C=O) groups is 2. The van der Waals surface area contributed by atoms with Crippen LogP contribution in [0.2, 0.25) is 0 Å². The number of carbonyl (C=O) groups excluding carboxylic acids is 2. The Bertz CT molecular complexity index is 1190. The van der Waals surface area contributed by atoms with Gasteiger partial charge in [-0.05, 0) is 62.9 Å². The molecule has 9 heteroatoms. The molecule has 2 aromatic rings. The van der Waals surface area contributed by atoms with Gasteiger partial charge in [-0.25, -0.2) is 8.42 Å². The fourth-order valence-electron chi connectivity index (χ4n) is 4.62. The van der Waals surface area contributed by atoms with Crippen LogP contribution in [0.5, 0.6) is 5.75 Å². The summed E-state index contributed by atoms with van der Waals surface area (Å²) in [6, 6.07) is 12.0. The Morgan fingerprint density at radius 3 is 2.42 bits per heavy atom. The lowest BCUT2D eigenvalue weighted by molar-refractivity contribution is -0.139. The van der Waals surface area contributed by atoms with Crippen LogP contribution in [0.3, 0.4) is 0 Å². The van der Waals surface area contributed by atoms with Gasteiger partial charge in [0.1, 0.15) is 18.3 Å². The van der Waals surface area contributed by atoms with Crippen LogP contribution in [0.1, 0.15) is 49.3 Å². The minimum absolute atomic E-state index is 0.108. The van der Waals surface area contributed by atoms with E-state index in [1.54, 1.807) is 32.2 Å². The zero-order valence-electron chi connectivity index (χ0n) is 21.8. The number of aryl methyl sites for hydroxylation is 2. The van der Waals surface area contributed by atoms with E-state index in [0.717, 1.165) is 52.9 Å². The van der Waals surface area contributed by atoms with Crippen molar-refractivity contribution < 1.29 is 22.7 Å². The highest BCUT2D eigenvalue weighted by Crippen LogP contribution is 2.25. The molecule has 0 bridgehead atoms. The van der Waals surface area contributed by atoms with Gasteiger partial charge in [0.15, 0.2) is 0 Å². The number of sulfonamides is 1. The largest absolute Gasteiger partial charge is 0.497 e. The number of hydrogen-bond donors (Lipinski definition) is 1. The fourth-order valence-corrected chi connectivity index (χ4v) is 5.53. The molecule has 0 unspecified atom stereocenters. The van der Waals surface area contributed by atoms with Gasteiger partial charge >= 0.3 is 0 Å². The monoisotopic (exact) mass is 515 g/mol. The minimum Gasteiger partial charge on any atom is -0.497 e. The molecular weight excluding hydrogens is 478 g/mol. The number of rotatable bonds is 10. The molecular formula is C27H37N3O5S. The molecule has 0 spiro atoms. The first-order valence-electron chi connectivity index (χ1n) is 12.3. The molecule has 0 saturated heterocycles. The predicted molar refractivity (Wildman–Crippen MR) is 142 cm³/mol. The SMILES string of the molecule is COc1cccc(CN(C(=O)CN(c2ccc(C)cc2C)S(C)(=O)=O)[C@H](C)C(=O)NC2CCCC2)c1. The Hall–Kier alpha value is -3.07. The summed E-state index contributed by atoms with van der Waals surface area (Å²) in [5, 5.41) is 3.06. The van der Waals surface area contributed by atoms with Gasteiger partial charge in [-0.2, -0.15) is 0 Å². The van der Waals surface area contributed by atoms with E-state index in [9.17, 15) is 18.0 Å². The van der Waals surface area contributed by atoms with Gasteiger partial charge in [-0.1, -0.05) is 42.7 Å². The van der Waals surface area contributed by atoms with Crippen molar-refractivity contribution >= 4 is 27.5 Å². The summed E-state index contributed by atoms with van der Waals surface area (Å²) < 4.78 is 32.0. The van der Waals surface area contributed by atoms with Gasteiger partial charge in [-0.3, -0.25) is 13.9 Å². The summed E-state index contributed by atoms with van der Waals surface area (Å²) in [7, 11) is -2.20. The maximum absolute atomic E-state index is 13.7. The first-order chi connectivity index (χ1) is 17.0. The Morgan fingerprint density at radius 2 is 1.81 bits per heavy atom. The van der Waals surface area contributed by atoms with Gasteiger partial charge < -0.3 is 15.0 Å². The van der Waals surface area contributed by atoms with Crippen molar-refractivity contribution in [2.45, 2.75) is 65.1 Å². The fraction of sp³-hybridized carbons (Fsp3) is 0.481. The van der Waals surface area contributed by atoms with E-state index in [1.165, 1.54) is 4.90 Å². The van der Waals surface area contributed by atoms with Crippen molar-refractivity contribution in [1.82, 2.24) is 10.2 Å². The van der Waals surface area contributed by atoms with Crippen LogP contribution in [-0.2, 0) is 26.2 Å². The molecule has 1 N–H and O–H groups in total. The van der Waals surface area contributed by atoms with E-state index < -0.39 is 28.5 Å². The van der Waals surface area contributed by atoms with Crippen LogP contribution in [0.25, 0.3) is 0 Å². The van der Waals surface area contributed by atoms with Crippen molar-refractivity contribution in [1.29, 1.82) is 0 Å². The zero-order chi connectivity index (χ0) is 26.5. The average molecular weight is 516 g/mol. The lowest BCUT2D eigenvalue weighted by Crippen LogP contribution is -2.52. The predicted octanol–water partition coefficient (Wildman–Crippen LogP) is 3.55. The number of nitrogens with one attached hydrogen (secondary N) is 1. The third-order valence-electron chi connectivity index (χ3n) is 6.66. The second kappa shape index (κ2) is 11.8. The molecule has 1 aliphatic rings. The molecule has 1 atom stereocenters. The van der Waals surface area contributed by atoms with Gasteiger partial charge in [0, 0.05) is 12.6 Å². The molecule has 196 valence electrons. The maximum Gasteiger partial charge on any atom is 0.244 e. The maximum atomic E-state index is 13.7. The summed E-state index contributed by atoms with van der Waals surface area (Å²) in [6.07, 6.45) is 5.09. The number of amides is 2. The number of hydrogen-bond acceptors (Lipinski definition) is 5. The van der Waals surface area contributed by atoms with E-state index in [2.05, 4.69) is 5.32 Å². The molecule has 2 aromatic carbocycles. The van der Waals surface area contributed by atoms with E-state index >= 15 is 0 Å². The second-order valence-electron chi connectivity index (χ2n) is 9.60. The lowest BCUT2D eigenvalue weighted by atomic mass is 10.1. The van der Waals surface area contributed by atoms with Gasteiger partial charge in [0.2, 0.25) is 21.8 Å². The van der Waals surface area contributed by atoms with Gasteiger partial charge in [0.05, 0.1) is 19.1 Å². The number of nitrogens with zero attached hydrogens (tertiary/aromatic N) is 2. The lowest BCUT2D eigenvalue weighted by Gasteiger charge is -2.32. The van der Waals surface area contributed by atoms with Crippen LogP contribution in [0.4, 0.5) is 5.69 Å². The molecule has 1 saturated carbocycles. The molecule has 0 aliphatic heterocycles. The summed E-state index contributed by atoms with van der Waals surface area (Å²) in [5.74, 6) is -0.0659. The molecule has 2 amide bonds. The highest BCUT2D eigenvalue weighted by molar-refractivity contribution is 7.92. The number of anilines is 1. The van der Waals surface area contributed by atoms with Crippen molar-refractivity contribution in [3.8, 4) is 5.75 Å². The third-order valence-corrected chi connectivity index (χ3v) is 7.78. The summed E-state index contributed by atoms with van der Waals surface area (Å²) in [6.45, 7) is 5.15. The topological polar surface area (TPSA) is 96.0 Å². The van der Waals surface area contributed by atoms with E-state index in [0.29, 0.717) is 11.4 Å². The Labute approximate surface area is 214 Å². The number of ether oxygens (including phenoxy) is 1. The quantitative estimate of drug-likeness (QED) is 0.522. The van der Waals surface area contributed by atoms with Crippen LogP contribution in [0, 0.1) is 13.8 Å². The molecule has 1 aliphatic carbocycles. The summed E-state index contributed by atoms with van der Waals surface area (Å²) in [4.78, 5) is 28.3. The van der Waals surface area contributed by atoms with Gasteiger partial charge in [0.25, 0.3) is 0 Å². The molecule has 0 aromatic heterocycles. The Morgan fingerprint density at radius 1 is 1.11 bits per heavy atom. The van der Waals surface area contributed by atoms with Crippen molar-refractivity contribution in [2.75, 3.05) is 24.2 Å². The normalized spacial score (nSPS) is 14.8. The third kappa shape index (κ3) is 7.00. The average Bonchev–Trinajstić information content (AvgIpc) is 3.33. The van der Waals surface area contributed by atoms with E-state index in [4.69, 9.17) is 4.74 Å². The van der Waals surface area contributed by atoms with Crippen LogP contribution >= 0.6 is 0 Å². The molecule has 8 nitrogen and oxygen atoms in total. The first kappa shape index (κ1) is 27.5. The highest BCUT2D eigenvalue weighted by atomic mass is 32.2. The van der Waals surface area contributed by atoms with Crippen LogP contribution < -0.4 is 14.4 Å². The van der Waals surface area contributed by atoms with Gasteiger partial charge in [-0.15, -0.1) is 0 Å². The van der Waals surface area contributed by atoms with Crippen molar-refractivity contribution in [2.24, 2.45) is 0 Å². The van der Waals surface area contributed by atoms with Crippen molar-refractivity contribution in [3.05, 3.63) is 59.2 Å². The van der Waals surface area contributed by atoms with Crippen LogP contribution in [-0.4, -0.2) is 57.1 Å².